The maximum Gasteiger partial charge on any atom is 0.255 e. The fourth-order valence-electron chi connectivity index (χ4n) is 1.52. The number of benzene rings is 1. The molecule has 0 saturated carbocycles. The van der Waals surface area contributed by atoms with E-state index in [2.05, 4.69) is 40.6 Å². The van der Waals surface area contributed by atoms with Crippen molar-refractivity contribution in [3.63, 3.8) is 0 Å². The van der Waals surface area contributed by atoms with Crippen molar-refractivity contribution in [3.8, 4) is 0 Å². The highest BCUT2D eigenvalue weighted by Gasteiger charge is 2.02. The molecular formula is C11H10INO. The van der Waals surface area contributed by atoms with E-state index in [1.54, 1.807) is 6.20 Å². The second-order valence-electron chi connectivity index (χ2n) is 3.19. The van der Waals surface area contributed by atoms with Crippen LogP contribution in [-0.4, -0.2) is 4.98 Å². The molecule has 2 nitrogen and oxygen atoms in total. The molecule has 1 heterocycles. The van der Waals surface area contributed by atoms with Gasteiger partial charge in [0.2, 0.25) is 0 Å². The third-order valence-electron chi connectivity index (χ3n) is 2.32. The molecule has 0 radical (unpaired) electrons. The van der Waals surface area contributed by atoms with Crippen molar-refractivity contribution in [1.29, 1.82) is 0 Å². The van der Waals surface area contributed by atoms with Crippen molar-refractivity contribution in [1.82, 2.24) is 4.98 Å². The lowest BCUT2D eigenvalue weighted by Crippen LogP contribution is -2.05. The number of pyridine rings is 1. The van der Waals surface area contributed by atoms with E-state index in [9.17, 15) is 4.79 Å². The maximum absolute atomic E-state index is 11.5. The Morgan fingerprint density at radius 3 is 2.93 bits per heavy atom. The SMILES string of the molecule is CCc1cc2c(=O)[nH]ccc2cc1I. The average Bonchev–Trinajstić information content (AvgIpc) is 2.17. The van der Waals surface area contributed by atoms with Gasteiger partial charge in [-0.2, -0.15) is 0 Å². The zero-order valence-electron chi connectivity index (χ0n) is 7.80. The second kappa shape index (κ2) is 3.73. The highest BCUT2D eigenvalue weighted by atomic mass is 127. The number of hydrogen-bond acceptors (Lipinski definition) is 1. The summed E-state index contributed by atoms with van der Waals surface area (Å²) in [6.45, 7) is 2.10. The summed E-state index contributed by atoms with van der Waals surface area (Å²) in [5.41, 5.74) is 1.23. The Morgan fingerprint density at radius 1 is 1.43 bits per heavy atom. The van der Waals surface area contributed by atoms with Gasteiger partial charge in [0.1, 0.15) is 0 Å². The van der Waals surface area contributed by atoms with Gasteiger partial charge >= 0.3 is 0 Å². The molecule has 0 bridgehead atoms. The molecule has 2 aromatic rings. The van der Waals surface area contributed by atoms with Gasteiger partial charge in [-0.05, 0) is 58.2 Å². The van der Waals surface area contributed by atoms with E-state index >= 15 is 0 Å². The van der Waals surface area contributed by atoms with Crippen molar-refractivity contribution in [2.45, 2.75) is 13.3 Å². The summed E-state index contributed by atoms with van der Waals surface area (Å²) < 4.78 is 1.23. The van der Waals surface area contributed by atoms with E-state index in [1.807, 2.05) is 12.1 Å². The van der Waals surface area contributed by atoms with Gasteiger partial charge in [0.05, 0.1) is 0 Å². The smallest absolute Gasteiger partial charge is 0.255 e. The van der Waals surface area contributed by atoms with Crippen LogP contribution in [0.5, 0.6) is 0 Å². The molecule has 1 aromatic carbocycles. The molecule has 72 valence electrons. The van der Waals surface area contributed by atoms with Crippen LogP contribution in [0.25, 0.3) is 10.8 Å². The van der Waals surface area contributed by atoms with Crippen LogP contribution in [0.2, 0.25) is 0 Å². The van der Waals surface area contributed by atoms with Crippen LogP contribution < -0.4 is 5.56 Å². The zero-order chi connectivity index (χ0) is 10.1. The van der Waals surface area contributed by atoms with Gasteiger partial charge in [0.25, 0.3) is 5.56 Å². The summed E-state index contributed by atoms with van der Waals surface area (Å²) in [6.07, 6.45) is 2.65. The van der Waals surface area contributed by atoms with E-state index in [-0.39, 0.29) is 5.56 Å². The molecule has 0 spiro atoms. The predicted octanol–water partition coefficient (Wildman–Crippen LogP) is 2.70. The quantitative estimate of drug-likeness (QED) is 0.807. The second-order valence-corrected chi connectivity index (χ2v) is 4.35. The lowest BCUT2D eigenvalue weighted by Gasteiger charge is -2.03. The summed E-state index contributed by atoms with van der Waals surface area (Å²) in [5.74, 6) is 0. The van der Waals surface area contributed by atoms with E-state index in [4.69, 9.17) is 0 Å². The first-order chi connectivity index (χ1) is 6.72. The summed E-state index contributed by atoms with van der Waals surface area (Å²) in [5, 5.41) is 1.79. The monoisotopic (exact) mass is 299 g/mol. The topological polar surface area (TPSA) is 32.9 Å². The predicted molar refractivity (Wildman–Crippen MR) is 66.7 cm³/mol. The molecule has 0 saturated heterocycles. The molecule has 0 aliphatic heterocycles. The van der Waals surface area contributed by atoms with Gasteiger partial charge in [-0.1, -0.05) is 6.92 Å². The van der Waals surface area contributed by atoms with Gasteiger partial charge in [-0.15, -0.1) is 0 Å². The Labute approximate surface area is 95.5 Å². The van der Waals surface area contributed by atoms with E-state index in [1.165, 1.54) is 9.13 Å². The van der Waals surface area contributed by atoms with Gasteiger partial charge in [-0.3, -0.25) is 4.79 Å². The lowest BCUT2D eigenvalue weighted by atomic mass is 10.1. The highest BCUT2D eigenvalue weighted by molar-refractivity contribution is 14.1. The Kier molecular flexibility index (Phi) is 2.58. The first-order valence-electron chi connectivity index (χ1n) is 4.52. The standard InChI is InChI=1S/C11H10INO/c1-2-7-5-9-8(6-10(7)12)3-4-13-11(9)14/h3-6H,2H2,1H3,(H,13,14). The molecule has 1 N–H and O–H groups in total. The first-order valence-corrected chi connectivity index (χ1v) is 5.60. The summed E-state index contributed by atoms with van der Waals surface area (Å²) in [4.78, 5) is 14.2. The maximum atomic E-state index is 11.5. The van der Waals surface area contributed by atoms with Crippen LogP contribution >= 0.6 is 22.6 Å². The Bertz CT molecular complexity index is 530. The van der Waals surface area contributed by atoms with Crippen molar-refractivity contribution >= 4 is 33.4 Å². The van der Waals surface area contributed by atoms with Crippen LogP contribution in [-0.2, 0) is 6.42 Å². The number of nitrogens with one attached hydrogen (secondary N) is 1. The van der Waals surface area contributed by atoms with Gasteiger partial charge in [0.15, 0.2) is 0 Å². The number of halogens is 1. The molecule has 1 aromatic heterocycles. The minimum Gasteiger partial charge on any atom is -0.329 e. The molecule has 3 heteroatoms. The molecule has 14 heavy (non-hydrogen) atoms. The van der Waals surface area contributed by atoms with Crippen molar-refractivity contribution < 1.29 is 0 Å². The average molecular weight is 299 g/mol. The zero-order valence-corrected chi connectivity index (χ0v) is 9.96. The number of aromatic nitrogens is 1. The third kappa shape index (κ3) is 1.56. The molecule has 0 atom stereocenters. The minimum absolute atomic E-state index is 0.00593. The molecule has 0 fully saturated rings. The number of hydrogen-bond donors (Lipinski definition) is 1. The Hall–Kier alpha value is -0.840. The van der Waals surface area contributed by atoms with Crippen LogP contribution in [0.1, 0.15) is 12.5 Å². The Balaban J connectivity index is 2.87. The normalized spacial score (nSPS) is 10.7. The van der Waals surface area contributed by atoms with Crippen LogP contribution in [0.15, 0.2) is 29.2 Å². The summed E-state index contributed by atoms with van der Waals surface area (Å²) >= 11 is 2.31. The number of H-pyrrole nitrogens is 1. The number of fused-ring (bicyclic) bond motifs is 1. The Morgan fingerprint density at radius 2 is 2.21 bits per heavy atom. The third-order valence-corrected chi connectivity index (χ3v) is 3.33. The molecule has 0 amide bonds. The van der Waals surface area contributed by atoms with E-state index < -0.39 is 0 Å². The highest BCUT2D eigenvalue weighted by Crippen LogP contribution is 2.19. The van der Waals surface area contributed by atoms with Gasteiger partial charge in [0, 0.05) is 15.2 Å². The molecule has 0 aliphatic carbocycles. The lowest BCUT2D eigenvalue weighted by molar-refractivity contribution is 1.13. The molecule has 0 unspecified atom stereocenters. The molecular weight excluding hydrogens is 289 g/mol. The van der Waals surface area contributed by atoms with Crippen molar-refractivity contribution in [2.24, 2.45) is 0 Å². The van der Waals surface area contributed by atoms with Crippen molar-refractivity contribution in [2.75, 3.05) is 0 Å². The minimum atomic E-state index is -0.00593. The van der Waals surface area contributed by atoms with Crippen LogP contribution in [0.4, 0.5) is 0 Å². The first kappa shape index (κ1) is 9.71. The molecule has 0 aliphatic rings. The van der Waals surface area contributed by atoms with E-state index in [0.29, 0.717) is 0 Å². The number of aromatic amines is 1. The van der Waals surface area contributed by atoms with Crippen LogP contribution in [0, 0.1) is 3.57 Å². The number of aryl methyl sites for hydroxylation is 1. The number of rotatable bonds is 1. The van der Waals surface area contributed by atoms with Crippen molar-refractivity contribution in [3.05, 3.63) is 43.9 Å². The molecule has 2 rings (SSSR count). The van der Waals surface area contributed by atoms with Gasteiger partial charge in [-0.25, -0.2) is 0 Å². The largest absolute Gasteiger partial charge is 0.329 e. The fourth-order valence-corrected chi connectivity index (χ4v) is 2.40. The van der Waals surface area contributed by atoms with E-state index in [0.717, 1.165) is 17.2 Å². The summed E-state index contributed by atoms with van der Waals surface area (Å²) in [7, 11) is 0. The van der Waals surface area contributed by atoms with Crippen LogP contribution in [0.3, 0.4) is 0 Å². The van der Waals surface area contributed by atoms with Gasteiger partial charge < -0.3 is 4.98 Å². The fraction of sp³-hybridized carbons (Fsp3) is 0.182. The summed E-state index contributed by atoms with van der Waals surface area (Å²) in [6, 6.07) is 5.97.